The number of hydrogen-bond acceptors (Lipinski definition) is 5. The summed E-state index contributed by atoms with van der Waals surface area (Å²) in [6, 6.07) is 1.64. The Labute approximate surface area is 135 Å². The maximum atomic E-state index is 9.98. The Balaban J connectivity index is 2.40. The maximum Gasteiger partial charge on any atom is 0.173 e. The predicted molar refractivity (Wildman–Crippen MR) is 84.3 cm³/mol. The van der Waals surface area contributed by atoms with E-state index in [0.717, 1.165) is 36.2 Å². The van der Waals surface area contributed by atoms with Crippen molar-refractivity contribution in [2.75, 3.05) is 39.9 Å². The lowest BCUT2D eigenvalue weighted by molar-refractivity contribution is 0.110. The molecule has 2 rings (SSSR count). The number of nitrogens with zero attached hydrogens (tertiary/aromatic N) is 1. The van der Waals surface area contributed by atoms with E-state index in [1.165, 1.54) is 7.11 Å². The fraction of sp³-hybridized carbons (Fsp3) is 0.538. The lowest BCUT2D eigenvalue weighted by Gasteiger charge is -2.35. The summed E-state index contributed by atoms with van der Waals surface area (Å²) < 4.78 is 6.48. The van der Waals surface area contributed by atoms with Gasteiger partial charge in [0.1, 0.15) is 0 Å². The van der Waals surface area contributed by atoms with Crippen LogP contribution in [0.15, 0.2) is 15.0 Å². The second kappa shape index (κ2) is 7.09. The van der Waals surface area contributed by atoms with E-state index >= 15 is 0 Å². The molecule has 0 aromatic heterocycles. The van der Waals surface area contributed by atoms with Crippen molar-refractivity contribution >= 4 is 31.9 Å². The number of halogens is 2. The van der Waals surface area contributed by atoms with Crippen LogP contribution >= 0.6 is 31.9 Å². The van der Waals surface area contributed by atoms with E-state index in [9.17, 15) is 10.2 Å². The van der Waals surface area contributed by atoms with Gasteiger partial charge in [-0.2, -0.15) is 0 Å². The first-order valence-corrected chi connectivity index (χ1v) is 7.99. The second-order valence-corrected chi connectivity index (χ2v) is 6.21. The summed E-state index contributed by atoms with van der Waals surface area (Å²) in [7, 11) is 1.51. The Morgan fingerprint density at radius 2 is 2.00 bits per heavy atom. The molecule has 0 saturated carbocycles. The molecule has 112 valence electrons. The van der Waals surface area contributed by atoms with Crippen LogP contribution in [0.3, 0.4) is 0 Å². The smallest absolute Gasteiger partial charge is 0.173 e. The first kappa shape index (κ1) is 16.0. The first-order chi connectivity index (χ1) is 9.60. The predicted octanol–water partition coefficient (Wildman–Crippen LogP) is 1.86. The van der Waals surface area contributed by atoms with Gasteiger partial charge in [-0.15, -0.1) is 0 Å². The molecule has 0 amide bonds. The van der Waals surface area contributed by atoms with E-state index in [4.69, 9.17) is 4.74 Å². The van der Waals surface area contributed by atoms with Gasteiger partial charge >= 0.3 is 0 Å². The van der Waals surface area contributed by atoms with Gasteiger partial charge in [-0.1, -0.05) is 0 Å². The standard InChI is InChI=1S/C13H18Br2N2O3/c1-20-10-6-8(11(14)12(15)13(10)19)9(7-18)17-4-2-16-3-5-17/h6,9,16,18-19H,2-5,7H2,1H3/t9-/m1/s1. The van der Waals surface area contributed by atoms with Gasteiger partial charge in [0.05, 0.1) is 24.2 Å². The van der Waals surface area contributed by atoms with Gasteiger partial charge in [-0.3, -0.25) is 4.90 Å². The third-order valence-corrected chi connectivity index (χ3v) is 5.68. The highest BCUT2D eigenvalue weighted by molar-refractivity contribution is 9.13. The van der Waals surface area contributed by atoms with E-state index in [-0.39, 0.29) is 18.4 Å². The topological polar surface area (TPSA) is 65.0 Å². The largest absolute Gasteiger partial charge is 0.503 e. The Kier molecular flexibility index (Phi) is 5.68. The van der Waals surface area contributed by atoms with Crippen LogP contribution in [-0.2, 0) is 0 Å². The van der Waals surface area contributed by atoms with Crippen LogP contribution in [0, 0.1) is 0 Å². The Morgan fingerprint density at radius 3 is 2.55 bits per heavy atom. The van der Waals surface area contributed by atoms with Crippen molar-refractivity contribution in [2.24, 2.45) is 0 Å². The number of rotatable bonds is 4. The maximum absolute atomic E-state index is 9.98. The average molecular weight is 410 g/mol. The normalized spacial score (nSPS) is 18.0. The fourth-order valence-electron chi connectivity index (χ4n) is 2.41. The van der Waals surface area contributed by atoms with Crippen molar-refractivity contribution in [1.29, 1.82) is 0 Å². The average Bonchev–Trinajstić information content (AvgIpc) is 2.49. The summed E-state index contributed by atoms with van der Waals surface area (Å²) >= 11 is 6.84. The monoisotopic (exact) mass is 408 g/mol. The summed E-state index contributed by atoms with van der Waals surface area (Å²) in [6.45, 7) is 3.57. The number of hydrogen-bond donors (Lipinski definition) is 3. The Hall–Kier alpha value is -0.340. The molecule has 7 heteroatoms. The summed E-state index contributed by atoms with van der Waals surface area (Å²) in [5.41, 5.74) is 0.899. The number of benzene rings is 1. The zero-order valence-corrected chi connectivity index (χ0v) is 14.4. The number of methoxy groups -OCH3 is 1. The van der Waals surface area contributed by atoms with Gasteiger partial charge in [0, 0.05) is 30.7 Å². The molecule has 5 nitrogen and oxygen atoms in total. The van der Waals surface area contributed by atoms with Crippen molar-refractivity contribution in [1.82, 2.24) is 10.2 Å². The van der Waals surface area contributed by atoms with Gasteiger partial charge in [0.25, 0.3) is 0 Å². The minimum absolute atomic E-state index is 0.0129. The molecule has 0 bridgehead atoms. The highest BCUT2D eigenvalue weighted by Gasteiger charge is 2.26. The van der Waals surface area contributed by atoms with E-state index in [1.807, 2.05) is 0 Å². The molecule has 0 unspecified atom stereocenters. The van der Waals surface area contributed by atoms with Crippen LogP contribution in [0.4, 0.5) is 0 Å². The van der Waals surface area contributed by atoms with Crippen LogP contribution in [0.2, 0.25) is 0 Å². The van der Waals surface area contributed by atoms with Crippen molar-refractivity contribution in [3.63, 3.8) is 0 Å². The Morgan fingerprint density at radius 1 is 1.35 bits per heavy atom. The highest BCUT2D eigenvalue weighted by atomic mass is 79.9. The van der Waals surface area contributed by atoms with Gasteiger partial charge in [0.15, 0.2) is 11.5 Å². The van der Waals surface area contributed by atoms with Crippen molar-refractivity contribution < 1.29 is 14.9 Å². The number of aromatic hydroxyl groups is 1. The van der Waals surface area contributed by atoms with Crippen LogP contribution in [0.25, 0.3) is 0 Å². The number of aliphatic hydroxyl groups is 1. The molecule has 0 spiro atoms. The number of phenols is 1. The zero-order chi connectivity index (χ0) is 14.7. The molecule has 1 aliphatic rings. The SMILES string of the molecule is COc1cc([C@@H](CO)N2CCNCC2)c(Br)c(Br)c1O. The van der Waals surface area contributed by atoms with Crippen molar-refractivity contribution in [2.45, 2.75) is 6.04 Å². The Bertz CT molecular complexity index is 479. The molecule has 0 radical (unpaired) electrons. The lowest BCUT2D eigenvalue weighted by atomic mass is 10.0. The quantitative estimate of drug-likeness (QED) is 0.708. The van der Waals surface area contributed by atoms with Crippen molar-refractivity contribution in [3.8, 4) is 11.5 Å². The minimum atomic E-state index is -0.128. The molecule has 0 aliphatic carbocycles. The zero-order valence-electron chi connectivity index (χ0n) is 11.2. The molecule has 1 aliphatic heterocycles. The van der Waals surface area contributed by atoms with E-state index in [0.29, 0.717) is 10.2 Å². The van der Waals surface area contributed by atoms with Gasteiger partial charge in [-0.05, 0) is 43.5 Å². The van der Waals surface area contributed by atoms with Crippen LogP contribution < -0.4 is 10.1 Å². The summed E-state index contributed by atoms with van der Waals surface area (Å²) in [5, 5.41) is 23.1. The number of phenolic OH excluding ortho intramolecular Hbond substituents is 1. The number of aliphatic hydroxyl groups excluding tert-OH is 1. The molecule has 20 heavy (non-hydrogen) atoms. The van der Waals surface area contributed by atoms with Crippen LogP contribution in [-0.4, -0.2) is 55.0 Å². The summed E-state index contributed by atoms with van der Waals surface area (Å²) in [5.74, 6) is 0.448. The molecule has 1 atom stereocenters. The molecule has 1 heterocycles. The van der Waals surface area contributed by atoms with E-state index < -0.39 is 0 Å². The van der Waals surface area contributed by atoms with Crippen molar-refractivity contribution in [3.05, 3.63) is 20.6 Å². The molecule has 1 saturated heterocycles. The number of piperazine rings is 1. The lowest BCUT2D eigenvalue weighted by Crippen LogP contribution is -2.46. The molecule has 1 fully saturated rings. The third kappa shape index (κ3) is 3.12. The minimum Gasteiger partial charge on any atom is -0.503 e. The molecular weight excluding hydrogens is 392 g/mol. The van der Waals surface area contributed by atoms with Gasteiger partial charge < -0.3 is 20.3 Å². The van der Waals surface area contributed by atoms with E-state index in [2.05, 4.69) is 42.1 Å². The van der Waals surface area contributed by atoms with E-state index in [1.54, 1.807) is 6.07 Å². The third-order valence-electron chi connectivity index (χ3n) is 3.52. The molecule has 1 aromatic carbocycles. The first-order valence-electron chi connectivity index (χ1n) is 6.40. The van der Waals surface area contributed by atoms with Gasteiger partial charge in [-0.25, -0.2) is 0 Å². The number of nitrogens with one attached hydrogen (secondary N) is 1. The number of ether oxygens (including phenoxy) is 1. The molecular formula is C13H18Br2N2O3. The van der Waals surface area contributed by atoms with Crippen LogP contribution in [0.1, 0.15) is 11.6 Å². The molecule has 3 N–H and O–H groups in total. The fourth-order valence-corrected chi connectivity index (χ4v) is 3.40. The summed E-state index contributed by atoms with van der Waals surface area (Å²) in [6.07, 6.45) is 0. The van der Waals surface area contributed by atoms with Crippen LogP contribution in [0.5, 0.6) is 11.5 Å². The second-order valence-electron chi connectivity index (χ2n) is 4.63. The highest BCUT2D eigenvalue weighted by Crippen LogP contribution is 2.44. The van der Waals surface area contributed by atoms with Gasteiger partial charge in [0.2, 0.25) is 0 Å². The summed E-state index contributed by atoms with van der Waals surface area (Å²) in [4.78, 5) is 2.22. The molecule has 1 aromatic rings.